The molecule has 0 aliphatic rings. The second-order valence-electron chi connectivity index (χ2n) is 22.5. The number of hydrogen-bond acceptors (Lipinski definition) is 18. The summed E-state index contributed by atoms with van der Waals surface area (Å²) >= 11 is 0. The first kappa shape index (κ1) is 65.5. The van der Waals surface area contributed by atoms with Crippen LogP contribution in [0.25, 0.3) is 84.1 Å². The van der Waals surface area contributed by atoms with E-state index in [4.69, 9.17) is 30.3 Å². The van der Waals surface area contributed by atoms with Crippen molar-refractivity contribution in [1.29, 1.82) is 0 Å². The average molecular weight is 1270 g/mol. The quantitative estimate of drug-likeness (QED) is 0.0304. The van der Waals surface area contributed by atoms with Gasteiger partial charge in [-0.15, -0.1) is 0 Å². The highest BCUT2D eigenvalue weighted by molar-refractivity contribution is 5.80. The molecule has 12 aromatic rings. The first-order valence-corrected chi connectivity index (χ1v) is 30.1. The van der Waals surface area contributed by atoms with Crippen LogP contribution in [0.3, 0.4) is 0 Å². The molecule has 12 heterocycles. The van der Waals surface area contributed by atoms with Crippen LogP contribution in [0.1, 0.15) is 91.8 Å². The number of halogens is 4. The van der Waals surface area contributed by atoms with Gasteiger partial charge in [-0.05, 0) is 50.3 Å². The molecule has 0 saturated heterocycles. The lowest BCUT2D eigenvalue weighted by Crippen LogP contribution is -2.27. The normalized spacial score (nSPS) is 13.8. The van der Waals surface area contributed by atoms with E-state index in [0.29, 0.717) is 75.1 Å². The molecule has 0 saturated carbocycles. The van der Waals surface area contributed by atoms with Gasteiger partial charge in [-0.2, -0.15) is 45.9 Å². The van der Waals surface area contributed by atoms with E-state index in [1.54, 1.807) is 114 Å². The summed E-state index contributed by atoms with van der Waals surface area (Å²) in [6.45, 7) is 9.33. The summed E-state index contributed by atoms with van der Waals surface area (Å²) in [7, 11) is 0. The molecule has 0 aromatic carbocycles. The van der Waals surface area contributed by atoms with Gasteiger partial charge in [0, 0.05) is 91.0 Å². The molecule has 0 aliphatic heterocycles. The number of aromatic nitrogens is 21. The Balaban J connectivity index is 0.000000151. The molecule has 0 amide bonds. The van der Waals surface area contributed by atoms with Gasteiger partial charge in [-0.3, -0.25) is 28.1 Å². The molecule has 6 N–H and O–H groups in total. The van der Waals surface area contributed by atoms with Crippen LogP contribution in [-0.4, -0.2) is 183 Å². The summed E-state index contributed by atoms with van der Waals surface area (Å²) in [6.07, 6.45) is 31.0. The van der Waals surface area contributed by atoms with Gasteiger partial charge >= 0.3 is 0 Å². The maximum atomic E-state index is 14.0. The highest BCUT2D eigenvalue weighted by atomic mass is 19.3. The van der Waals surface area contributed by atoms with Crippen LogP contribution in [0.2, 0.25) is 0 Å². The smallest absolute Gasteiger partial charge is 0.267 e. The van der Waals surface area contributed by atoms with Gasteiger partial charge in [-0.25, -0.2) is 46.1 Å². The highest BCUT2D eigenvalue weighted by Gasteiger charge is 2.36. The van der Waals surface area contributed by atoms with Crippen LogP contribution in [0.15, 0.2) is 130 Å². The molecule has 0 radical (unpaired) electrons. The van der Waals surface area contributed by atoms with Crippen molar-refractivity contribution < 1.29 is 48.2 Å². The molecule has 12 aromatic heterocycles. The minimum atomic E-state index is -2.91. The minimum absolute atomic E-state index is 0.0548. The number of hydrogen-bond donors (Lipinski definition) is 6. The Kier molecular flexibility index (Phi) is 20.2. The van der Waals surface area contributed by atoms with Crippen molar-refractivity contribution in [2.75, 3.05) is 19.8 Å². The topological polar surface area (TPSA) is 319 Å². The number of alkyl halides is 4. The Bertz CT molecular complexity index is 4150. The Morgan fingerprint density at radius 3 is 1.04 bits per heavy atom. The fourth-order valence-electron chi connectivity index (χ4n) is 10.8. The lowest BCUT2D eigenvalue weighted by molar-refractivity contribution is -0.0390. The molecular weight excluding hydrogens is 1200 g/mol. The van der Waals surface area contributed by atoms with E-state index >= 15 is 0 Å². The Labute approximate surface area is 524 Å². The lowest BCUT2D eigenvalue weighted by atomic mass is 10.1. The predicted octanol–water partition coefficient (Wildman–Crippen LogP) is 7.39. The van der Waals surface area contributed by atoms with Gasteiger partial charge in [0.25, 0.3) is 11.8 Å². The number of aliphatic hydroxyl groups is 6. The third-order valence-corrected chi connectivity index (χ3v) is 15.6. The predicted molar refractivity (Wildman–Crippen MR) is 330 cm³/mol. The molecule has 31 heteroatoms. The summed E-state index contributed by atoms with van der Waals surface area (Å²) in [5.41, 5.74) is 10.5. The molecule has 0 aliphatic carbocycles. The fraction of sp³-hybridized carbons (Fsp3) is 0.410. The minimum Gasteiger partial charge on any atom is -0.396 e. The van der Waals surface area contributed by atoms with Gasteiger partial charge in [0.05, 0.1) is 182 Å². The molecular formula is C61H73F4N21O6. The van der Waals surface area contributed by atoms with E-state index in [0.717, 1.165) is 54.7 Å². The molecule has 12 rings (SSSR count). The zero-order valence-corrected chi connectivity index (χ0v) is 51.5. The first-order valence-electron chi connectivity index (χ1n) is 30.1. The highest BCUT2D eigenvalue weighted by Crippen LogP contribution is 2.36. The summed E-state index contributed by atoms with van der Waals surface area (Å²) in [5, 5.41) is 94.7. The molecule has 5 atom stereocenters. The second kappa shape index (κ2) is 28.4. The monoisotopic (exact) mass is 1270 g/mol. The second-order valence-corrected chi connectivity index (χ2v) is 22.5. The zero-order chi connectivity index (χ0) is 65.4. The maximum absolute atomic E-state index is 14.0. The first-order chi connectivity index (χ1) is 44.2. The summed E-state index contributed by atoms with van der Waals surface area (Å²) in [4.78, 5) is 14.3. The van der Waals surface area contributed by atoms with Crippen LogP contribution >= 0.6 is 0 Å². The molecule has 92 heavy (non-hydrogen) atoms. The van der Waals surface area contributed by atoms with Gasteiger partial charge in [0.2, 0.25) is 0 Å². The molecule has 0 fully saturated rings. The van der Waals surface area contributed by atoms with Crippen LogP contribution in [0.4, 0.5) is 17.6 Å². The third kappa shape index (κ3) is 14.8. The zero-order valence-electron chi connectivity index (χ0n) is 51.5. The van der Waals surface area contributed by atoms with Gasteiger partial charge in [-0.1, -0.05) is 27.7 Å². The summed E-state index contributed by atoms with van der Waals surface area (Å²) < 4.78 is 70.2. The standard InChI is InChI=1S/C21H27N7O2.2C20H23F2N7O2/c1-3-17(4-2)27-12-16(10-24-27)21-20-5-7-22-28(20)14-19(25-21)15-9-23-26(11-15)13-18(30)6-8-29;2*1-3-18(20(2,21)22)29-9-14(7-25-29)19-17-4-5-23-28(17)11-16(26-19)13-6-24-27(8-13)10-15(31)12-30/h5,7,9-12,14,17-18,29-30H,3-4,6,8,13H2,1-2H3;2*4-9,11,15,18,30-31H,3,10,12H2,1-2H3/t18-;15-,18?;15-,18+/m011/s1. The van der Waals surface area contributed by atoms with Crippen molar-refractivity contribution in [2.24, 2.45) is 0 Å². The van der Waals surface area contributed by atoms with E-state index < -0.39 is 42.2 Å². The van der Waals surface area contributed by atoms with E-state index in [1.165, 1.54) is 31.1 Å². The summed E-state index contributed by atoms with van der Waals surface area (Å²) in [6, 6.07) is 3.77. The summed E-state index contributed by atoms with van der Waals surface area (Å²) in [5.74, 6) is -5.82. The van der Waals surface area contributed by atoms with Gasteiger partial charge < -0.3 is 30.6 Å². The van der Waals surface area contributed by atoms with Crippen molar-refractivity contribution >= 4 is 16.6 Å². The van der Waals surface area contributed by atoms with Crippen molar-refractivity contribution in [3.8, 4) is 67.5 Å². The Morgan fingerprint density at radius 2 is 0.728 bits per heavy atom. The molecule has 1 unspecified atom stereocenters. The number of fused-ring (bicyclic) bond motifs is 3. The van der Waals surface area contributed by atoms with E-state index in [2.05, 4.69) is 59.7 Å². The van der Waals surface area contributed by atoms with E-state index in [1.807, 2.05) is 40.1 Å². The molecule has 0 bridgehead atoms. The average Bonchev–Trinajstić information content (AvgIpc) is 1.63. The lowest BCUT2D eigenvalue weighted by Gasteiger charge is -2.22. The SMILES string of the molecule is CCC(CC)n1cc(-c2nc(-c3cnn(C[C@@H](O)CCO)c3)cn3nccc23)cn1.CCC(n1cc(-c2nc(-c3cnn(C[C@@H](O)CO)c3)cn3nccc23)cn1)C(C)(F)F.CC[C@H](n1cc(-c2nc(-c3cnn(C[C@@H](O)CO)c3)cn3nccc23)cn1)C(C)(F)F. The third-order valence-electron chi connectivity index (χ3n) is 15.6. The Hall–Kier alpha value is -9.40. The van der Waals surface area contributed by atoms with Crippen molar-refractivity contribution in [3.63, 3.8) is 0 Å². The number of aliphatic hydroxyl groups excluding tert-OH is 6. The van der Waals surface area contributed by atoms with Crippen LogP contribution in [0.5, 0.6) is 0 Å². The van der Waals surface area contributed by atoms with Crippen LogP contribution in [-0.2, 0) is 19.6 Å². The Morgan fingerprint density at radius 1 is 0.402 bits per heavy atom. The van der Waals surface area contributed by atoms with Crippen LogP contribution < -0.4 is 0 Å². The number of nitrogens with zero attached hydrogens (tertiary/aromatic N) is 21. The van der Waals surface area contributed by atoms with E-state index in [-0.39, 0.29) is 45.8 Å². The van der Waals surface area contributed by atoms with Gasteiger partial charge in [0.1, 0.15) is 12.1 Å². The largest absolute Gasteiger partial charge is 0.396 e. The van der Waals surface area contributed by atoms with Crippen molar-refractivity contribution in [3.05, 3.63) is 130 Å². The van der Waals surface area contributed by atoms with Crippen LogP contribution in [0, 0.1) is 0 Å². The van der Waals surface area contributed by atoms with Gasteiger partial charge in [0.15, 0.2) is 0 Å². The molecule has 27 nitrogen and oxygen atoms in total. The molecule has 486 valence electrons. The maximum Gasteiger partial charge on any atom is 0.267 e. The number of rotatable bonds is 25. The van der Waals surface area contributed by atoms with Crippen molar-refractivity contribution in [2.45, 2.75) is 142 Å². The molecule has 0 spiro atoms. The van der Waals surface area contributed by atoms with Crippen molar-refractivity contribution in [1.82, 2.24) is 102 Å². The van der Waals surface area contributed by atoms with E-state index in [9.17, 15) is 32.9 Å². The fourth-order valence-corrected chi connectivity index (χ4v) is 10.8.